The summed E-state index contributed by atoms with van der Waals surface area (Å²) < 4.78 is 32.5. The van der Waals surface area contributed by atoms with Crippen LogP contribution in [-0.2, 0) is 10.0 Å². The number of hydrogen-bond donors (Lipinski definition) is 1. The van der Waals surface area contributed by atoms with Gasteiger partial charge in [0.25, 0.3) is 0 Å². The third-order valence-electron chi connectivity index (χ3n) is 4.50. The SMILES string of the molecule is O=c1[nH]c2cc(S(=O)(=O)N3CCSC(c4ccccc4)CC3)ccc2o1. The summed E-state index contributed by atoms with van der Waals surface area (Å²) in [7, 11) is -3.62. The number of oxazole rings is 1. The first kappa shape index (κ1) is 17.4. The molecule has 6 nitrogen and oxygen atoms in total. The van der Waals surface area contributed by atoms with E-state index in [1.165, 1.54) is 28.1 Å². The second-order valence-corrected chi connectivity index (χ2v) is 9.38. The number of sulfonamides is 1. The molecule has 1 aliphatic heterocycles. The number of benzene rings is 2. The lowest BCUT2D eigenvalue weighted by Gasteiger charge is -2.20. The van der Waals surface area contributed by atoms with Crippen LogP contribution in [0.2, 0.25) is 0 Å². The first-order valence-electron chi connectivity index (χ1n) is 8.33. The Bertz CT molecular complexity index is 1070. The normalized spacial score (nSPS) is 19.5. The van der Waals surface area contributed by atoms with E-state index in [2.05, 4.69) is 17.1 Å². The number of rotatable bonds is 3. The zero-order valence-electron chi connectivity index (χ0n) is 13.9. The van der Waals surface area contributed by atoms with Crippen LogP contribution in [0, 0.1) is 0 Å². The lowest BCUT2D eigenvalue weighted by Crippen LogP contribution is -2.33. The summed E-state index contributed by atoms with van der Waals surface area (Å²) in [5, 5.41) is 0.295. The van der Waals surface area contributed by atoms with E-state index in [4.69, 9.17) is 4.42 Å². The van der Waals surface area contributed by atoms with Crippen LogP contribution in [-0.4, -0.2) is 36.5 Å². The van der Waals surface area contributed by atoms with Gasteiger partial charge in [-0.3, -0.25) is 4.98 Å². The molecule has 0 amide bonds. The van der Waals surface area contributed by atoms with E-state index < -0.39 is 15.8 Å². The Hall–Kier alpha value is -2.03. The Kier molecular flexibility index (Phi) is 4.64. The highest BCUT2D eigenvalue weighted by molar-refractivity contribution is 7.99. The maximum absolute atomic E-state index is 13.0. The number of aromatic nitrogens is 1. The van der Waals surface area contributed by atoms with Gasteiger partial charge in [0.15, 0.2) is 5.58 Å². The van der Waals surface area contributed by atoms with Gasteiger partial charge in [0.05, 0.1) is 10.4 Å². The van der Waals surface area contributed by atoms with Crippen molar-refractivity contribution in [3.05, 3.63) is 64.6 Å². The van der Waals surface area contributed by atoms with Crippen molar-refractivity contribution < 1.29 is 12.8 Å². The highest BCUT2D eigenvalue weighted by Gasteiger charge is 2.28. The maximum atomic E-state index is 13.0. The standard InChI is InChI=1S/C18H18N2O4S2/c21-18-19-15-12-14(6-7-16(15)24-18)26(22,23)20-9-8-17(25-11-10-20)13-4-2-1-3-5-13/h1-7,12,17H,8-11H2,(H,19,21). The van der Waals surface area contributed by atoms with Crippen molar-refractivity contribution in [1.82, 2.24) is 9.29 Å². The molecule has 1 N–H and O–H groups in total. The molecular weight excluding hydrogens is 372 g/mol. The van der Waals surface area contributed by atoms with Crippen molar-refractivity contribution in [2.45, 2.75) is 16.6 Å². The average molecular weight is 390 g/mol. The number of nitrogens with zero attached hydrogens (tertiary/aromatic N) is 1. The molecule has 26 heavy (non-hydrogen) atoms. The van der Waals surface area contributed by atoms with E-state index >= 15 is 0 Å². The Labute approximate surface area is 155 Å². The van der Waals surface area contributed by atoms with Crippen molar-refractivity contribution in [1.29, 1.82) is 0 Å². The maximum Gasteiger partial charge on any atom is 0.417 e. The molecule has 1 atom stereocenters. The molecule has 1 unspecified atom stereocenters. The summed E-state index contributed by atoms with van der Waals surface area (Å²) in [5.74, 6) is 0.148. The van der Waals surface area contributed by atoms with Crippen LogP contribution in [0.15, 0.2) is 62.6 Å². The van der Waals surface area contributed by atoms with Gasteiger partial charge in [-0.15, -0.1) is 0 Å². The van der Waals surface area contributed by atoms with Crippen molar-refractivity contribution in [2.75, 3.05) is 18.8 Å². The first-order chi connectivity index (χ1) is 12.5. The smallest absolute Gasteiger partial charge is 0.408 e. The molecule has 0 bridgehead atoms. The zero-order chi connectivity index (χ0) is 18.1. The van der Waals surface area contributed by atoms with E-state index in [1.54, 1.807) is 11.8 Å². The predicted octanol–water partition coefficient (Wildman–Crippen LogP) is 2.99. The number of hydrogen-bond acceptors (Lipinski definition) is 5. The number of nitrogens with one attached hydrogen (secondary N) is 1. The van der Waals surface area contributed by atoms with Gasteiger partial charge in [-0.2, -0.15) is 16.1 Å². The summed E-state index contributed by atoms with van der Waals surface area (Å²) in [5.41, 5.74) is 1.97. The molecule has 0 spiro atoms. The van der Waals surface area contributed by atoms with Crippen LogP contribution < -0.4 is 5.76 Å². The number of aromatic amines is 1. The minimum Gasteiger partial charge on any atom is -0.408 e. The van der Waals surface area contributed by atoms with E-state index in [0.29, 0.717) is 29.4 Å². The third kappa shape index (κ3) is 3.32. The van der Waals surface area contributed by atoms with E-state index in [0.717, 1.165) is 12.2 Å². The molecule has 0 radical (unpaired) electrons. The van der Waals surface area contributed by atoms with Gasteiger partial charge in [-0.25, -0.2) is 13.2 Å². The van der Waals surface area contributed by atoms with Gasteiger partial charge in [0.2, 0.25) is 10.0 Å². The summed E-state index contributed by atoms with van der Waals surface area (Å²) in [6, 6.07) is 14.6. The summed E-state index contributed by atoms with van der Waals surface area (Å²) >= 11 is 1.79. The minimum atomic E-state index is -3.62. The van der Waals surface area contributed by atoms with Gasteiger partial charge < -0.3 is 4.42 Å². The molecule has 136 valence electrons. The second-order valence-electron chi connectivity index (χ2n) is 6.14. The number of H-pyrrole nitrogens is 1. The summed E-state index contributed by atoms with van der Waals surface area (Å²) in [4.78, 5) is 14.0. The van der Waals surface area contributed by atoms with Crippen molar-refractivity contribution >= 4 is 32.9 Å². The molecule has 4 rings (SSSR count). The third-order valence-corrected chi connectivity index (χ3v) is 7.72. The highest BCUT2D eigenvalue weighted by atomic mass is 32.2. The van der Waals surface area contributed by atoms with Crippen LogP contribution in [0.4, 0.5) is 0 Å². The molecule has 2 heterocycles. The van der Waals surface area contributed by atoms with Crippen molar-refractivity contribution in [3.63, 3.8) is 0 Å². The molecule has 0 aliphatic carbocycles. The van der Waals surface area contributed by atoms with Crippen molar-refractivity contribution in [2.24, 2.45) is 0 Å². The number of fused-ring (bicyclic) bond motifs is 1. The van der Waals surface area contributed by atoms with Crippen LogP contribution in [0.3, 0.4) is 0 Å². The molecule has 1 fully saturated rings. The van der Waals surface area contributed by atoms with E-state index in [-0.39, 0.29) is 4.90 Å². The molecule has 8 heteroatoms. The topological polar surface area (TPSA) is 83.4 Å². The summed E-state index contributed by atoms with van der Waals surface area (Å²) in [6.45, 7) is 0.936. The lowest BCUT2D eigenvalue weighted by molar-refractivity contribution is 0.428. The van der Waals surface area contributed by atoms with Crippen LogP contribution >= 0.6 is 11.8 Å². The summed E-state index contributed by atoms with van der Waals surface area (Å²) in [6.07, 6.45) is 0.763. The lowest BCUT2D eigenvalue weighted by atomic mass is 10.1. The average Bonchev–Trinajstić information content (AvgIpc) is 2.85. The largest absolute Gasteiger partial charge is 0.417 e. The minimum absolute atomic E-state index is 0.171. The molecule has 1 aliphatic rings. The Balaban J connectivity index is 1.58. The van der Waals surface area contributed by atoms with E-state index in [1.807, 2.05) is 18.2 Å². The molecule has 3 aromatic rings. The van der Waals surface area contributed by atoms with Gasteiger partial charge in [-0.05, 0) is 30.2 Å². The van der Waals surface area contributed by atoms with Gasteiger partial charge in [-0.1, -0.05) is 30.3 Å². The monoisotopic (exact) mass is 390 g/mol. The first-order valence-corrected chi connectivity index (χ1v) is 10.8. The van der Waals surface area contributed by atoms with Gasteiger partial charge >= 0.3 is 5.76 Å². The Morgan fingerprint density at radius 1 is 1.12 bits per heavy atom. The fourth-order valence-corrected chi connectivity index (χ4v) is 5.99. The van der Waals surface area contributed by atoms with Gasteiger partial charge in [0.1, 0.15) is 0 Å². The zero-order valence-corrected chi connectivity index (χ0v) is 15.6. The molecule has 1 aromatic heterocycles. The fraction of sp³-hybridized carbons (Fsp3) is 0.278. The fourth-order valence-electron chi connectivity index (χ4n) is 3.16. The Morgan fingerprint density at radius 3 is 2.73 bits per heavy atom. The Morgan fingerprint density at radius 2 is 1.92 bits per heavy atom. The predicted molar refractivity (Wildman–Crippen MR) is 102 cm³/mol. The quantitative estimate of drug-likeness (QED) is 0.743. The second kappa shape index (κ2) is 6.94. The number of thioether (sulfide) groups is 1. The van der Waals surface area contributed by atoms with Crippen LogP contribution in [0.5, 0.6) is 0 Å². The van der Waals surface area contributed by atoms with Crippen LogP contribution in [0.25, 0.3) is 11.1 Å². The molecule has 1 saturated heterocycles. The molecule has 2 aromatic carbocycles. The van der Waals surface area contributed by atoms with E-state index in [9.17, 15) is 13.2 Å². The molecule has 0 saturated carbocycles. The van der Waals surface area contributed by atoms with Crippen molar-refractivity contribution in [3.8, 4) is 0 Å². The molecular formula is C18H18N2O4S2. The van der Waals surface area contributed by atoms with Gasteiger partial charge in [0, 0.05) is 24.1 Å². The highest BCUT2D eigenvalue weighted by Crippen LogP contribution is 2.35. The van der Waals surface area contributed by atoms with Crippen LogP contribution in [0.1, 0.15) is 17.2 Å².